The van der Waals surface area contributed by atoms with Crippen LogP contribution in [0.4, 0.5) is 11.4 Å². The number of anilines is 2. The third-order valence-corrected chi connectivity index (χ3v) is 9.33. The van der Waals surface area contributed by atoms with Crippen LogP contribution in [-0.2, 0) is 9.59 Å². The van der Waals surface area contributed by atoms with Gasteiger partial charge in [-0.1, -0.05) is 41.5 Å². The Hall–Kier alpha value is -3.63. The third-order valence-electron chi connectivity index (χ3n) is 9.33. The van der Waals surface area contributed by atoms with Gasteiger partial charge in [-0.15, -0.1) is 0 Å². The topological polar surface area (TPSA) is 99.6 Å². The molecule has 9 heteroatoms. The second-order valence-corrected chi connectivity index (χ2v) is 11.8. The number of pyridine rings is 1. The second kappa shape index (κ2) is 8.94. The average molecular weight is 540 g/mol. The summed E-state index contributed by atoms with van der Waals surface area (Å²) in [6.45, 7) is 4.62. The Morgan fingerprint density at radius 3 is 1.48 bits per heavy atom. The Labute approximate surface area is 233 Å². The van der Waals surface area contributed by atoms with E-state index in [9.17, 15) is 20.0 Å². The van der Waals surface area contributed by atoms with E-state index in [-0.39, 0.29) is 11.8 Å². The summed E-state index contributed by atoms with van der Waals surface area (Å²) < 4.78 is -1.34. The lowest BCUT2D eigenvalue weighted by atomic mass is 10.1. The minimum atomic E-state index is -0.859. The number of aromatic nitrogens is 1. The highest BCUT2D eigenvalue weighted by Gasteiger charge is 2.61. The molecule has 4 saturated heterocycles. The molecule has 0 radical (unpaired) electrons. The molecule has 0 bridgehead atoms. The van der Waals surface area contributed by atoms with Crippen molar-refractivity contribution in [2.24, 2.45) is 0 Å². The number of benzene rings is 2. The number of amides is 2. The van der Waals surface area contributed by atoms with Crippen LogP contribution in [0.3, 0.4) is 0 Å². The maximum Gasteiger partial charge on any atom is 0.290 e. The summed E-state index contributed by atoms with van der Waals surface area (Å²) in [4.78, 5) is 35.6. The Kier molecular flexibility index (Phi) is 5.66. The first kappa shape index (κ1) is 25.3. The van der Waals surface area contributed by atoms with E-state index < -0.39 is 33.7 Å². The molecule has 2 aromatic carbocycles. The number of nitrogens with zero attached hydrogens (tertiary/aromatic N) is 5. The first-order chi connectivity index (χ1) is 19.2. The quantitative estimate of drug-likeness (QED) is 0.352. The lowest BCUT2D eigenvalue weighted by Crippen LogP contribution is -2.47. The molecule has 9 nitrogen and oxygen atoms in total. The Balaban J connectivity index is 1.36. The lowest BCUT2D eigenvalue weighted by molar-refractivity contribution is -0.905. The number of carbonyl (C=O) groups excluding carboxylic acids is 2. The molecule has 4 aliphatic heterocycles. The van der Waals surface area contributed by atoms with Crippen molar-refractivity contribution in [2.75, 3.05) is 22.9 Å². The van der Waals surface area contributed by atoms with Gasteiger partial charge in [-0.05, 0) is 50.2 Å². The molecule has 4 unspecified atom stereocenters. The van der Waals surface area contributed by atoms with E-state index in [0.717, 1.165) is 11.1 Å². The molecule has 4 fully saturated rings. The number of quaternary nitrogens is 2. The van der Waals surface area contributed by atoms with Gasteiger partial charge >= 0.3 is 0 Å². The van der Waals surface area contributed by atoms with Crippen molar-refractivity contribution in [3.8, 4) is 0 Å². The van der Waals surface area contributed by atoms with E-state index in [2.05, 4.69) is 0 Å². The fourth-order valence-electron chi connectivity index (χ4n) is 7.39. The van der Waals surface area contributed by atoms with Crippen LogP contribution in [0, 0.1) is 24.3 Å². The number of fused-ring (bicyclic) bond motifs is 2. The van der Waals surface area contributed by atoms with Gasteiger partial charge < -0.3 is 19.7 Å². The summed E-state index contributed by atoms with van der Waals surface area (Å²) in [6, 6.07) is 19.3. The monoisotopic (exact) mass is 539 g/mol. The molecule has 0 saturated carbocycles. The maximum atomic E-state index is 14.4. The molecule has 206 valence electrons. The predicted octanol–water partition coefficient (Wildman–Crippen LogP) is 4.74. The highest BCUT2D eigenvalue weighted by atomic mass is 16.6. The summed E-state index contributed by atoms with van der Waals surface area (Å²) in [5, 5.41) is 28.8. The fraction of sp³-hybridized carbons (Fsp3) is 0.387. The molecule has 0 spiro atoms. The molecule has 5 heterocycles. The van der Waals surface area contributed by atoms with Gasteiger partial charge in [0.15, 0.2) is 12.1 Å². The van der Waals surface area contributed by atoms with E-state index in [1.165, 1.54) is 0 Å². The first-order valence-corrected chi connectivity index (χ1v) is 14.2. The van der Waals surface area contributed by atoms with Crippen molar-refractivity contribution in [2.45, 2.75) is 63.9 Å². The van der Waals surface area contributed by atoms with E-state index in [0.29, 0.717) is 61.5 Å². The Bertz CT molecular complexity index is 1390. The van der Waals surface area contributed by atoms with Gasteiger partial charge in [0, 0.05) is 25.7 Å². The summed E-state index contributed by atoms with van der Waals surface area (Å²) >= 11 is 0. The van der Waals surface area contributed by atoms with Crippen molar-refractivity contribution in [1.82, 2.24) is 4.98 Å². The highest BCUT2D eigenvalue weighted by Crippen LogP contribution is 2.50. The standard InChI is InChI=1S/C31H33N5O4/c1-20-10-14-22(15-11-20)33-28(35(39)18-4-8-26(35)30(33)37)24-6-3-7-25(32-24)29-34(23-16-12-21(2)13-17-23)31(38)27-9-5-19-36(27,29)40/h3,6-7,10-17,26-29H,4-5,8-9,18-19H2,1-2H3/t26?,27?,28?,29?,35-,36-/m1/s1. The van der Waals surface area contributed by atoms with Crippen LogP contribution in [0.15, 0.2) is 66.7 Å². The smallest absolute Gasteiger partial charge is 0.290 e. The van der Waals surface area contributed by atoms with Crippen molar-refractivity contribution in [1.29, 1.82) is 0 Å². The highest BCUT2D eigenvalue weighted by molar-refractivity contribution is 5.99. The van der Waals surface area contributed by atoms with Gasteiger partial charge in [0.05, 0.1) is 24.5 Å². The molecule has 2 amide bonds. The largest absolute Gasteiger partial charge is 0.630 e. The minimum Gasteiger partial charge on any atom is -0.630 e. The molecule has 0 aliphatic carbocycles. The van der Waals surface area contributed by atoms with E-state index in [4.69, 9.17) is 4.98 Å². The van der Waals surface area contributed by atoms with Crippen LogP contribution in [0.25, 0.3) is 0 Å². The summed E-state index contributed by atoms with van der Waals surface area (Å²) in [5.41, 5.74) is 4.36. The van der Waals surface area contributed by atoms with E-state index in [1.807, 2.05) is 62.4 Å². The number of rotatable bonds is 4. The predicted molar refractivity (Wildman–Crippen MR) is 150 cm³/mol. The van der Waals surface area contributed by atoms with Gasteiger partial charge in [0.2, 0.25) is 12.3 Å². The molecule has 40 heavy (non-hydrogen) atoms. The van der Waals surface area contributed by atoms with Gasteiger partial charge in [0.1, 0.15) is 11.4 Å². The molecule has 6 atom stereocenters. The molecule has 1 aromatic heterocycles. The van der Waals surface area contributed by atoms with Crippen molar-refractivity contribution >= 4 is 23.2 Å². The molecular formula is C31H33N5O4. The first-order valence-electron chi connectivity index (χ1n) is 14.2. The van der Waals surface area contributed by atoms with Crippen LogP contribution >= 0.6 is 0 Å². The molecule has 7 rings (SSSR count). The van der Waals surface area contributed by atoms with Crippen LogP contribution in [0.1, 0.15) is 60.5 Å². The summed E-state index contributed by atoms with van der Waals surface area (Å²) in [7, 11) is 0. The number of carbonyl (C=O) groups is 2. The third kappa shape index (κ3) is 3.51. The maximum absolute atomic E-state index is 14.4. The molecule has 0 N–H and O–H groups in total. The number of hydrogen-bond donors (Lipinski definition) is 0. The summed E-state index contributed by atoms with van der Waals surface area (Å²) in [6.07, 6.45) is 0.726. The van der Waals surface area contributed by atoms with Gasteiger partial charge in [-0.25, -0.2) is 4.98 Å². The van der Waals surface area contributed by atoms with Crippen molar-refractivity contribution in [3.05, 3.63) is 99.7 Å². The normalized spacial score (nSPS) is 33.1. The number of hydroxylamine groups is 6. The lowest BCUT2D eigenvalue weighted by Gasteiger charge is -2.45. The summed E-state index contributed by atoms with van der Waals surface area (Å²) in [5.74, 6) is -0.365. The van der Waals surface area contributed by atoms with Gasteiger partial charge in [-0.3, -0.25) is 19.4 Å². The Morgan fingerprint density at radius 1 is 0.675 bits per heavy atom. The number of aryl methyl sites for hydroxylation is 2. The van der Waals surface area contributed by atoms with Crippen LogP contribution < -0.4 is 9.80 Å². The zero-order chi connectivity index (χ0) is 27.8. The number of hydrogen-bond acceptors (Lipinski definition) is 5. The second-order valence-electron chi connectivity index (χ2n) is 11.8. The van der Waals surface area contributed by atoms with Crippen molar-refractivity contribution < 1.29 is 18.9 Å². The fourth-order valence-corrected chi connectivity index (χ4v) is 7.39. The molecular weight excluding hydrogens is 506 g/mol. The average Bonchev–Trinajstić information content (AvgIpc) is 3.63. The van der Waals surface area contributed by atoms with Crippen LogP contribution in [0.2, 0.25) is 0 Å². The van der Waals surface area contributed by atoms with E-state index in [1.54, 1.807) is 28.0 Å². The molecule has 3 aromatic rings. The van der Waals surface area contributed by atoms with Crippen LogP contribution in [-0.4, -0.2) is 51.3 Å². The zero-order valence-corrected chi connectivity index (χ0v) is 22.8. The van der Waals surface area contributed by atoms with Crippen LogP contribution in [0.5, 0.6) is 0 Å². The van der Waals surface area contributed by atoms with Crippen molar-refractivity contribution in [3.63, 3.8) is 0 Å². The SMILES string of the molecule is Cc1ccc(N2C(=O)C3CCC[N@+]3([O-])C2c2cccc(C3N(c4ccc(C)cc4)C(=O)C4CCC[N@@+]43[O-])n2)cc1. The van der Waals surface area contributed by atoms with E-state index >= 15 is 0 Å². The zero-order valence-electron chi connectivity index (χ0n) is 22.8. The Morgan fingerprint density at radius 2 is 1.07 bits per heavy atom. The van der Waals surface area contributed by atoms with Gasteiger partial charge in [0.25, 0.3) is 11.8 Å². The van der Waals surface area contributed by atoms with Gasteiger partial charge in [-0.2, -0.15) is 0 Å². The molecule has 4 aliphatic rings. The minimum absolute atomic E-state index is 0.183.